The van der Waals surface area contributed by atoms with Gasteiger partial charge >= 0.3 is 0 Å². The predicted molar refractivity (Wildman–Crippen MR) is 140 cm³/mol. The lowest BCUT2D eigenvalue weighted by atomic mass is 9.99. The molecule has 2 aromatic carbocycles. The Morgan fingerprint density at radius 3 is 2.79 bits per heavy atom. The van der Waals surface area contributed by atoms with Gasteiger partial charge in [0.15, 0.2) is 17.3 Å². The van der Waals surface area contributed by atoms with Gasteiger partial charge in [-0.1, -0.05) is 18.2 Å². The van der Waals surface area contributed by atoms with E-state index in [-0.39, 0.29) is 34.8 Å². The maximum absolute atomic E-state index is 14.5. The monoisotopic (exact) mass is 518 g/mol. The molecule has 0 bridgehead atoms. The molecule has 1 fully saturated rings. The van der Waals surface area contributed by atoms with E-state index < -0.39 is 11.7 Å². The van der Waals surface area contributed by atoms with Crippen LogP contribution < -0.4 is 14.8 Å². The van der Waals surface area contributed by atoms with Crippen LogP contribution in [0.15, 0.2) is 59.0 Å². The third-order valence-electron chi connectivity index (χ3n) is 6.54. The van der Waals surface area contributed by atoms with E-state index in [4.69, 9.17) is 13.9 Å². The number of nitrogens with one attached hydrogen (secondary N) is 2. The average molecular weight is 519 g/mol. The SMILES string of the molecule is COc1ccc(F)c(C(=O)Nc2cc(C3CCCCN3C(=O)/C=C/c3cc4ccccc4o3)[nH]n2)c1OC. The van der Waals surface area contributed by atoms with Gasteiger partial charge in [0.2, 0.25) is 5.91 Å². The number of amides is 2. The summed E-state index contributed by atoms with van der Waals surface area (Å²) >= 11 is 0. The van der Waals surface area contributed by atoms with Gasteiger partial charge in [0, 0.05) is 24.1 Å². The van der Waals surface area contributed by atoms with Gasteiger partial charge in [0.25, 0.3) is 5.91 Å². The molecule has 38 heavy (non-hydrogen) atoms. The van der Waals surface area contributed by atoms with Gasteiger partial charge in [-0.05, 0) is 49.6 Å². The number of halogens is 1. The Balaban J connectivity index is 1.32. The van der Waals surface area contributed by atoms with Gasteiger partial charge in [0.05, 0.1) is 26.0 Å². The topological polar surface area (TPSA) is 110 Å². The van der Waals surface area contributed by atoms with Crippen molar-refractivity contribution < 1.29 is 27.9 Å². The molecule has 9 nitrogen and oxygen atoms in total. The molecule has 2 aromatic heterocycles. The number of nitrogens with zero attached hydrogens (tertiary/aromatic N) is 2. The molecule has 4 aromatic rings. The zero-order valence-electron chi connectivity index (χ0n) is 21.0. The third-order valence-corrected chi connectivity index (χ3v) is 6.54. The number of methoxy groups -OCH3 is 2. The molecule has 0 radical (unpaired) electrons. The highest BCUT2D eigenvalue weighted by Crippen LogP contribution is 2.34. The van der Waals surface area contributed by atoms with Gasteiger partial charge in [-0.15, -0.1) is 0 Å². The number of hydrogen-bond donors (Lipinski definition) is 2. The van der Waals surface area contributed by atoms with Gasteiger partial charge < -0.3 is 24.1 Å². The molecule has 1 aliphatic heterocycles. The number of aromatic amines is 1. The molecule has 0 spiro atoms. The number of aromatic nitrogens is 2. The first-order chi connectivity index (χ1) is 18.5. The lowest BCUT2D eigenvalue weighted by molar-refractivity contribution is -0.129. The summed E-state index contributed by atoms with van der Waals surface area (Å²) in [6.45, 7) is 0.584. The smallest absolute Gasteiger partial charge is 0.263 e. The number of carbonyl (C=O) groups excluding carboxylic acids is 2. The quantitative estimate of drug-likeness (QED) is 0.320. The molecule has 0 aliphatic carbocycles. The van der Waals surface area contributed by atoms with Crippen molar-refractivity contribution in [2.45, 2.75) is 25.3 Å². The molecule has 5 rings (SSSR count). The second-order valence-electron chi connectivity index (χ2n) is 8.88. The van der Waals surface area contributed by atoms with Crippen molar-refractivity contribution in [3.05, 3.63) is 77.4 Å². The van der Waals surface area contributed by atoms with Crippen LogP contribution in [0.3, 0.4) is 0 Å². The van der Waals surface area contributed by atoms with E-state index in [9.17, 15) is 14.0 Å². The number of para-hydroxylation sites is 1. The maximum Gasteiger partial charge on any atom is 0.263 e. The Kier molecular flexibility index (Phi) is 7.12. The number of furan rings is 1. The predicted octanol–water partition coefficient (Wildman–Crippen LogP) is 5.33. The minimum Gasteiger partial charge on any atom is -0.493 e. The van der Waals surface area contributed by atoms with Crippen LogP contribution in [0, 0.1) is 5.82 Å². The van der Waals surface area contributed by atoms with E-state index in [2.05, 4.69) is 15.5 Å². The van der Waals surface area contributed by atoms with Crippen LogP contribution in [0.1, 0.15) is 47.1 Å². The molecule has 10 heteroatoms. The lowest BCUT2D eigenvalue weighted by Gasteiger charge is -2.34. The Bertz CT molecular complexity index is 1480. The Hall–Kier alpha value is -4.60. The van der Waals surface area contributed by atoms with Gasteiger partial charge in [-0.2, -0.15) is 5.10 Å². The summed E-state index contributed by atoms with van der Waals surface area (Å²) in [7, 11) is 2.73. The highest BCUT2D eigenvalue weighted by atomic mass is 19.1. The van der Waals surface area contributed by atoms with E-state index in [0.29, 0.717) is 18.0 Å². The molecule has 196 valence electrons. The van der Waals surface area contributed by atoms with Crippen LogP contribution in [0.4, 0.5) is 10.2 Å². The third kappa shape index (κ3) is 4.97. The number of hydrogen-bond acceptors (Lipinski definition) is 6. The Labute approximate surface area is 218 Å². The fourth-order valence-electron chi connectivity index (χ4n) is 4.72. The van der Waals surface area contributed by atoms with Crippen molar-refractivity contribution in [1.82, 2.24) is 15.1 Å². The van der Waals surface area contributed by atoms with E-state index in [1.807, 2.05) is 30.3 Å². The zero-order chi connectivity index (χ0) is 26.6. The Morgan fingerprint density at radius 2 is 2.00 bits per heavy atom. The van der Waals surface area contributed by atoms with Crippen LogP contribution in [0.2, 0.25) is 0 Å². The van der Waals surface area contributed by atoms with Gasteiger partial charge in [-0.3, -0.25) is 14.7 Å². The summed E-state index contributed by atoms with van der Waals surface area (Å²) in [6.07, 6.45) is 5.73. The van der Waals surface area contributed by atoms with Crippen LogP contribution >= 0.6 is 0 Å². The minimum atomic E-state index is -0.754. The Morgan fingerprint density at radius 1 is 1.16 bits per heavy atom. The van der Waals surface area contributed by atoms with Crippen molar-refractivity contribution in [2.24, 2.45) is 0 Å². The number of likely N-dealkylation sites (tertiary alicyclic amines) is 1. The summed E-state index contributed by atoms with van der Waals surface area (Å²) in [5, 5.41) is 10.7. The largest absolute Gasteiger partial charge is 0.493 e. The van der Waals surface area contributed by atoms with E-state index in [1.54, 1.807) is 17.0 Å². The van der Waals surface area contributed by atoms with Crippen LogP contribution in [0.25, 0.3) is 17.0 Å². The molecule has 1 unspecified atom stereocenters. The lowest BCUT2D eigenvalue weighted by Crippen LogP contribution is -2.37. The summed E-state index contributed by atoms with van der Waals surface area (Å²) in [6, 6.07) is 13.5. The first-order valence-corrected chi connectivity index (χ1v) is 12.2. The number of rotatable bonds is 7. The molecular formula is C28H27FN4O5. The van der Waals surface area contributed by atoms with Crippen molar-refractivity contribution in [2.75, 3.05) is 26.1 Å². The van der Waals surface area contributed by atoms with E-state index in [1.165, 1.54) is 26.4 Å². The van der Waals surface area contributed by atoms with Crippen molar-refractivity contribution >= 4 is 34.7 Å². The normalized spacial score (nSPS) is 15.7. The first-order valence-electron chi connectivity index (χ1n) is 12.2. The molecule has 1 atom stereocenters. The molecule has 3 heterocycles. The number of ether oxygens (including phenoxy) is 2. The van der Waals surface area contributed by atoms with Crippen molar-refractivity contribution in [3.63, 3.8) is 0 Å². The minimum absolute atomic E-state index is 0.0129. The second kappa shape index (κ2) is 10.8. The van der Waals surface area contributed by atoms with Gasteiger partial charge in [-0.25, -0.2) is 4.39 Å². The highest BCUT2D eigenvalue weighted by Gasteiger charge is 2.29. The number of H-pyrrole nitrogens is 1. The number of fused-ring (bicyclic) bond motifs is 1. The van der Waals surface area contributed by atoms with Gasteiger partial charge in [0.1, 0.15) is 22.7 Å². The summed E-state index contributed by atoms with van der Waals surface area (Å²) in [4.78, 5) is 27.8. The number of anilines is 1. The highest BCUT2D eigenvalue weighted by molar-refractivity contribution is 6.06. The molecular weight excluding hydrogens is 491 g/mol. The molecule has 1 saturated heterocycles. The standard InChI is InChI=1S/C28H27FN4O5/c1-36-23-12-11-19(29)26(27(23)37-2)28(35)30-24-16-20(31-32-24)21-8-5-6-14-33(21)25(34)13-10-18-15-17-7-3-4-9-22(17)38-18/h3-4,7,9-13,15-16,21H,5-6,8,14H2,1-2H3,(H2,30,31,32,35)/b13-10+. The summed E-state index contributed by atoms with van der Waals surface area (Å²) in [5.41, 5.74) is 1.14. The molecule has 2 amide bonds. The summed E-state index contributed by atoms with van der Waals surface area (Å²) < 4.78 is 30.7. The number of carbonyl (C=O) groups is 2. The van der Waals surface area contributed by atoms with E-state index in [0.717, 1.165) is 36.3 Å². The maximum atomic E-state index is 14.5. The number of benzene rings is 2. The van der Waals surface area contributed by atoms with E-state index >= 15 is 0 Å². The number of piperidine rings is 1. The zero-order valence-corrected chi connectivity index (χ0v) is 21.0. The van der Waals surface area contributed by atoms with Crippen LogP contribution in [-0.2, 0) is 4.79 Å². The van der Waals surface area contributed by atoms with Crippen LogP contribution in [0.5, 0.6) is 11.5 Å². The fourth-order valence-corrected chi connectivity index (χ4v) is 4.72. The first kappa shape index (κ1) is 25.1. The fraction of sp³-hybridized carbons (Fsp3) is 0.250. The van der Waals surface area contributed by atoms with Crippen molar-refractivity contribution in [1.29, 1.82) is 0 Å². The molecule has 1 aliphatic rings. The summed E-state index contributed by atoms with van der Waals surface area (Å²) in [5.74, 6) is -0.629. The van der Waals surface area contributed by atoms with Crippen molar-refractivity contribution in [3.8, 4) is 11.5 Å². The molecule has 2 N–H and O–H groups in total. The van der Waals surface area contributed by atoms with Crippen LogP contribution in [-0.4, -0.2) is 47.7 Å². The second-order valence-corrected chi connectivity index (χ2v) is 8.88. The average Bonchev–Trinajstić information content (AvgIpc) is 3.58. The molecule has 0 saturated carbocycles.